The number of nitrogens with one attached hydrogen (secondary N) is 1. The van der Waals surface area contributed by atoms with Crippen LogP contribution in [0.2, 0.25) is 5.15 Å². The Morgan fingerprint density at radius 2 is 1.98 bits per heavy atom. The summed E-state index contributed by atoms with van der Waals surface area (Å²) in [6.45, 7) is 8.58. The molecule has 1 N–H and O–H groups in total. The van der Waals surface area contributed by atoms with Gasteiger partial charge in [-0.25, -0.2) is 23.4 Å². The number of rotatable bonds is 9. The fourth-order valence-electron chi connectivity index (χ4n) is 5.62. The predicted molar refractivity (Wildman–Crippen MR) is 162 cm³/mol. The Hall–Kier alpha value is -3.28. The van der Waals surface area contributed by atoms with Crippen LogP contribution in [-0.2, 0) is 21.1 Å². The lowest BCUT2D eigenvalue weighted by atomic mass is 9.88. The van der Waals surface area contributed by atoms with E-state index in [2.05, 4.69) is 59.3 Å². The molecular weight excluding hydrogens is 562 g/mol. The Morgan fingerprint density at radius 3 is 2.66 bits per heavy atom. The van der Waals surface area contributed by atoms with Crippen LogP contribution in [0.4, 0.5) is 17.3 Å². The van der Waals surface area contributed by atoms with E-state index in [9.17, 15) is 8.42 Å². The van der Waals surface area contributed by atoms with Crippen molar-refractivity contribution in [2.75, 3.05) is 35.4 Å². The van der Waals surface area contributed by atoms with Crippen LogP contribution in [-0.4, -0.2) is 70.5 Å². The summed E-state index contributed by atoms with van der Waals surface area (Å²) < 4.78 is 31.0. The summed E-state index contributed by atoms with van der Waals surface area (Å²) in [5.74, 6) is 2.37. The van der Waals surface area contributed by atoms with E-state index in [1.165, 1.54) is 11.8 Å². The van der Waals surface area contributed by atoms with Gasteiger partial charge in [0, 0.05) is 61.0 Å². The van der Waals surface area contributed by atoms with Crippen LogP contribution in [0, 0.1) is 5.92 Å². The number of anilines is 3. The van der Waals surface area contributed by atoms with Crippen LogP contribution >= 0.6 is 11.6 Å². The highest BCUT2D eigenvalue weighted by Crippen LogP contribution is 2.39. The lowest BCUT2D eigenvalue weighted by Crippen LogP contribution is -2.57. The van der Waals surface area contributed by atoms with E-state index in [1.807, 2.05) is 12.4 Å². The summed E-state index contributed by atoms with van der Waals surface area (Å²) in [7, 11) is -3.02. The van der Waals surface area contributed by atoms with Gasteiger partial charge < -0.3 is 15.0 Å². The van der Waals surface area contributed by atoms with Gasteiger partial charge in [0.15, 0.2) is 11.0 Å². The number of ether oxygens (including phenoxy) is 1. The minimum Gasteiger partial charge on any atom is -0.376 e. The monoisotopic (exact) mass is 595 g/mol. The summed E-state index contributed by atoms with van der Waals surface area (Å²) in [6, 6.07) is 8.28. The summed E-state index contributed by atoms with van der Waals surface area (Å²) in [4.78, 5) is 16.1. The van der Waals surface area contributed by atoms with E-state index in [1.54, 1.807) is 16.9 Å². The first kappa shape index (κ1) is 27.9. The molecule has 12 heteroatoms. The van der Waals surface area contributed by atoms with Crippen LogP contribution < -0.4 is 10.2 Å². The van der Waals surface area contributed by atoms with Gasteiger partial charge in [0.05, 0.1) is 24.0 Å². The largest absolute Gasteiger partial charge is 0.376 e. The molecule has 1 aromatic carbocycles. The molecule has 0 radical (unpaired) electrons. The van der Waals surface area contributed by atoms with Crippen molar-refractivity contribution in [3.8, 4) is 11.4 Å². The summed E-state index contributed by atoms with van der Waals surface area (Å²) in [6.07, 6.45) is 7.92. The molecule has 0 bridgehead atoms. The normalized spacial score (nSPS) is 20.7. The second-order valence-corrected chi connectivity index (χ2v) is 14.0. The molecule has 6 rings (SSSR count). The number of fused-ring (bicyclic) bond motifs is 1. The second-order valence-electron chi connectivity index (χ2n) is 11.4. The highest BCUT2D eigenvalue weighted by atomic mass is 35.5. The van der Waals surface area contributed by atoms with Gasteiger partial charge in [0.25, 0.3) is 0 Å². The quantitative estimate of drug-likeness (QED) is 0.283. The van der Waals surface area contributed by atoms with Crippen molar-refractivity contribution in [2.45, 2.75) is 51.8 Å². The number of hydrogen-bond donors (Lipinski definition) is 1. The molecule has 0 unspecified atom stereocenters. The van der Waals surface area contributed by atoms with E-state index < -0.39 is 9.84 Å². The Morgan fingerprint density at radius 1 is 1.17 bits per heavy atom. The molecule has 3 atom stereocenters. The lowest BCUT2D eigenvalue weighted by molar-refractivity contribution is -0.0608. The molecule has 0 spiro atoms. The number of hydrogen-bond acceptors (Lipinski definition) is 9. The Balaban J connectivity index is 1.27. The minimum atomic E-state index is -3.02. The maximum atomic E-state index is 11.9. The van der Waals surface area contributed by atoms with Crippen LogP contribution in [0.3, 0.4) is 0 Å². The molecule has 0 aliphatic carbocycles. The fraction of sp³-hybridized carbons (Fsp3) is 0.448. The summed E-state index contributed by atoms with van der Waals surface area (Å²) >= 11 is 6.44. The van der Waals surface area contributed by atoms with Crippen molar-refractivity contribution >= 4 is 49.5 Å². The Labute approximate surface area is 245 Å². The molecule has 3 aromatic heterocycles. The smallest absolute Gasteiger partial charge is 0.166 e. The van der Waals surface area contributed by atoms with Crippen molar-refractivity contribution in [2.24, 2.45) is 5.92 Å². The van der Waals surface area contributed by atoms with Gasteiger partial charge in [-0.2, -0.15) is 5.10 Å². The SMILES string of the molecule is CC(C)c1ccc(N2C[C@H](CS(C)(=O)=O)[C@H]2C)c2cnc(Nc3ccnc(-c4cn(C[C@@H]5CCO5)nc4Cl)n3)cc12. The van der Waals surface area contributed by atoms with Crippen LogP contribution in [0.1, 0.15) is 38.7 Å². The van der Waals surface area contributed by atoms with Crippen molar-refractivity contribution in [1.29, 1.82) is 0 Å². The molecule has 41 heavy (non-hydrogen) atoms. The van der Waals surface area contributed by atoms with Crippen LogP contribution in [0.5, 0.6) is 0 Å². The maximum absolute atomic E-state index is 11.9. The number of nitrogens with zero attached hydrogens (tertiary/aromatic N) is 6. The fourth-order valence-corrected chi connectivity index (χ4v) is 7.02. The van der Waals surface area contributed by atoms with Crippen molar-refractivity contribution in [3.63, 3.8) is 0 Å². The average molecular weight is 596 g/mol. The second kappa shape index (κ2) is 10.8. The summed E-state index contributed by atoms with van der Waals surface area (Å²) in [5, 5.41) is 10.2. The van der Waals surface area contributed by atoms with Crippen LogP contribution in [0.15, 0.2) is 42.9 Å². The number of halogens is 1. The van der Waals surface area contributed by atoms with Crippen molar-refractivity contribution in [1.82, 2.24) is 24.7 Å². The topological polar surface area (TPSA) is 115 Å². The molecule has 2 saturated heterocycles. The van der Waals surface area contributed by atoms with Gasteiger partial charge in [0.1, 0.15) is 21.5 Å². The third-order valence-electron chi connectivity index (χ3n) is 8.02. The lowest BCUT2D eigenvalue weighted by Gasteiger charge is -2.48. The van der Waals surface area contributed by atoms with Crippen molar-refractivity contribution < 1.29 is 13.2 Å². The highest BCUT2D eigenvalue weighted by Gasteiger charge is 2.38. The van der Waals surface area contributed by atoms with Gasteiger partial charge in [0.2, 0.25) is 0 Å². The summed E-state index contributed by atoms with van der Waals surface area (Å²) in [5.41, 5.74) is 2.95. The predicted octanol–water partition coefficient (Wildman–Crippen LogP) is 5.07. The Kier molecular flexibility index (Phi) is 7.37. The first-order valence-corrected chi connectivity index (χ1v) is 16.3. The van der Waals surface area contributed by atoms with Gasteiger partial charge in [-0.05, 0) is 48.4 Å². The van der Waals surface area contributed by atoms with E-state index in [0.717, 1.165) is 29.5 Å². The van der Waals surface area contributed by atoms with E-state index in [-0.39, 0.29) is 23.8 Å². The average Bonchev–Trinajstić information content (AvgIpc) is 3.27. The molecular formula is C29H34ClN7O3S. The van der Waals surface area contributed by atoms with Gasteiger partial charge in [-0.3, -0.25) is 4.68 Å². The maximum Gasteiger partial charge on any atom is 0.166 e. The number of sulfone groups is 1. The van der Waals surface area contributed by atoms with E-state index in [0.29, 0.717) is 47.2 Å². The molecule has 4 aromatic rings. The van der Waals surface area contributed by atoms with Crippen molar-refractivity contribution in [3.05, 3.63) is 53.6 Å². The first-order chi connectivity index (χ1) is 19.6. The van der Waals surface area contributed by atoms with Crippen LogP contribution in [0.25, 0.3) is 22.2 Å². The first-order valence-electron chi connectivity index (χ1n) is 13.9. The zero-order valence-corrected chi connectivity index (χ0v) is 25.2. The molecule has 2 aliphatic rings. The molecule has 10 nitrogen and oxygen atoms in total. The molecule has 5 heterocycles. The molecule has 2 fully saturated rings. The van der Waals surface area contributed by atoms with E-state index >= 15 is 0 Å². The number of aromatic nitrogens is 5. The Bertz CT molecular complexity index is 1700. The third-order valence-corrected chi connectivity index (χ3v) is 9.33. The number of benzene rings is 1. The standard InChI is InChI=1S/C29H34ClN7O3S/c1-17(2)21-5-6-25(37-13-19(18(37)3)16-41(4,38)39)23-12-32-27(11-22(21)23)33-26-7-9-31-29(34-26)24-15-36(35-28(24)30)14-20-8-10-40-20/h5-7,9,11-12,15,17-20H,8,10,13-14,16H2,1-4H3,(H,31,32,33,34)/t18-,19-,20+/m1/s1. The van der Waals surface area contributed by atoms with Gasteiger partial charge in [-0.1, -0.05) is 31.5 Å². The highest BCUT2D eigenvalue weighted by molar-refractivity contribution is 7.90. The molecule has 2 aliphatic heterocycles. The number of pyridine rings is 1. The van der Waals surface area contributed by atoms with E-state index in [4.69, 9.17) is 26.3 Å². The van der Waals surface area contributed by atoms with Gasteiger partial charge in [-0.15, -0.1) is 0 Å². The molecule has 0 amide bonds. The minimum absolute atomic E-state index is 0.123. The van der Waals surface area contributed by atoms with Gasteiger partial charge >= 0.3 is 0 Å². The molecule has 0 saturated carbocycles. The molecule has 216 valence electrons. The zero-order chi connectivity index (χ0) is 28.9. The third kappa shape index (κ3) is 5.75. The zero-order valence-electron chi connectivity index (χ0n) is 23.6.